The molecule has 29 heavy (non-hydrogen) atoms. The molecular weight excluding hydrogens is 392 g/mol. The third-order valence-electron chi connectivity index (χ3n) is 4.11. The number of methoxy groups -OCH3 is 2. The Kier molecular flexibility index (Phi) is 5.88. The zero-order valence-corrected chi connectivity index (χ0v) is 17.4. The highest BCUT2D eigenvalue weighted by Crippen LogP contribution is 2.24. The fraction of sp³-hybridized carbons (Fsp3) is 0.200. The summed E-state index contributed by atoms with van der Waals surface area (Å²) >= 11 is 0. The first kappa shape index (κ1) is 20.4. The molecule has 0 atom stereocenters. The van der Waals surface area contributed by atoms with Crippen LogP contribution >= 0.6 is 0 Å². The van der Waals surface area contributed by atoms with Crippen molar-refractivity contribution in [3.05, 3.63) is 59.9 Å². The maximum absolute atomic E-state index is 12.6. The van der Waals surface area contributed by atoms with Gasteiger partial charge in [0.05, 0.1) is 19.1 Å². The molecule has 1 aromatic heterocycles. The number of ether oxygens (including phenoxy) is 2. The van der Waals surface area contributed by atoms with E-state index in [0.29, 0.717) is 29.0 Å². The predicted octanol–water partition coefficient (Wildman–Crippen LogP) is 3.66. The van der Waals surface area contributed by atoms with Crippen molar-refractivity contribution in [3.8, 4) is 11.6 Å². The van der Waals surface area contributed by atoms with Crippen molar-refractivity contribution in [3.63, 3.8) is 0 Å². The van der Waals surface area contributed by atoms with Crippen molar-refractivity contribution >= 4 is 27.2 Å². The van der Waals surface area contributed by atoms with Crippen LogP contribution in [0.2, 0.25) is 0 Å². The summed E-state index contributed by atoms with van der Waals surface area (Å²) in [6.07, 6.45) is 0. The summed E-state index contributed by atoms with van der Waals surface area (Å²) in [4.78, 5) is 8.60. The molecule has 1 heterocycles. The lowest BCUT2D eigenvalue weighted by atomic mass is 10.2. The normalized spacial score (nSPS) is 11.0. The third-order valence-corrected chi connectivity index (χ3v) is 5.49. The summed E-state index contributed by atoms with van der Waals surface area (Å²) in [6.45, 7) is 3.56. The van der Waals surface area contributed by atoms with Gasteiger partial charge in [-0.15, -0.1) is 0 Å². The minimum Gasteiger partial charge on any atom is -0.496 e. The van der Waals surface area contributed by atoms with Gasteiger partial charge >= 0.3 is 0 Å². The van der Waals surface area contributed by atoms with E-state index in [0.717, 1.165) is 11.3 Å². The highest BCUT2D eigenvalue weighted by atomic mass is 32.2. The van der Waals surface area contributed by atoms with E-state index in [2.05, 4.69) is 20.0 Å². The van der Waals surface area contributed by atoms with Crippen molar-refractivity contribution in [2.45, 2.75) is 18.7 Å². The highest BCUT2D eigenvalue weighted by Gasteiger charge is 2.15. The number of sulfonamides is 1. The van der Waals surface area contributed by atoms with Crippen LogP contribution in [0.1, 0.15) is 11.4 Å². The van der Waals surface area contributed by atoms with E-state index in [1.54, 1.807) is 63.4 Å². The summed E-state index contributed by atoms with van der Waals surface area (Å²) in [5.41, 5.74) is 1.93. The molecule has 8 nitrogen and oxygen atoms in total. The quantitative estimate of drug-likeness (QED) is 0.608. The van der Waals surface area contributed by atoms with Crippen LogP contribution in [0, 0.1) is 13.8 Å². The van der Waals surface area contributed by atoms with E-state index in [9.17, 15) is 8.42 Å². The first-order chi connectivity index (χ1) is 13.8. The second kappa shape index (κ2) is 8.36. The Morgan fingerprint density at radius 3 is 2.17 bits per heavy atom. The van der Waals surface area contributed by atoms with Crippen LogP contribution in [-0.4, -0.2) is 32.6 Å². The minimum atomic E-state index is -3.71. The molecule has 3 rings (SSSR count). The van der Waals surface area contributed by atoms with Gasteiger partial charge in [0.2, 0.25) is 5.88 Å². The van der Waals surface area contributed by atoms with Crippen LogP contribution in [0.15, 0.2) is 53.4 Å². The molecule has 0 aliphatic rings. The van der Waals surface area contributed by atoms with Crippen LogP contribution in [0.5, 0.6) is 11.6 Å². The number of aromatic nitrogens is 2. The summed E-state index contributed by atoms with van der Waals surface area (Å²) in [6, 6.07) is 13.2. The van der Waals surface area contributed by atoms with Gasteiger partial charge in [-0.3, -0.25) is 4.72 Å². The van der Waals surface area contributed by atoms with Crippen molar-refractivity contribution in [1.29, 1.82) is 0 Å². The number of nitrogens with one attached hydrogen (secondary N) is 2. The molecule has 0 saturated heterocycles. The van der Waals surface area contributed by atoms with Gasteiger partial charge < -0.3 is 14.8 Å². The van der Waals surface area contributed by atoms with Crippen LogP contribution in [-0.2, 0) is 10.0 Å². The Morgan fingerprint density at radius 1 is 0.862 bits per heavy atom. The van der Waals surface area contributed by atoms with Gasteiger partial charge in [-0.1, -0.05) is 0 Å². The lowest BCUT2D eigenvalue weighted by Gasteiger charge is -2.12. The molecule has 0 unspecified atom stereocenters. The number of aryl methyl sites for hydroxylation is 2. The molecule has 2 N–H and O–H groups in total. The fourth-order valence-electron chi connectivity index (χ4n) is 2.71. The van der Waals surface area contributed by atoms with Crippen molar-refractivity contribution in [2.24, 2.45) is 0 Å². The molecule has 0 radical (unpaired) electrons. The van der Waals surface area contributed by atoms with Gasteiger partial charge in [-0.05, 0) is 61.9 Å². The van der Waals surface area contributed by atoms with Crippen LogP contribution in [0.3, 0.4) is 0 Å². The van der Waals surface area contributed by atoms with Crippen LogP contribution in [0.4, 0.5) is 17.2 Å². The molecule has 0 saturated carbocycles. The average molecular weight is 414 g/mol. The Labute approximate surface area is 170 Å². The SMILES string of the molecule is COc1cc(Nc2ccc(NS(=O)(=O)c3ccc(OC)c(C)c3)cc2)nc(C)n1. The zero-order chi connectivity index (χ0) is 21.0. The molecule has 0 amide bonds. The summed E-state index contributed by atoms with van der Waals surface area (Å²) < 4.78 is 38.2. The topological polar surface area (TPSA) is 102 Å². The van der Waals surface area contributed by atoms with Gasteiger partial charge in [0.25, 0.3) is 10.0 Å². The smallest absolute Gasteiger partial charge is 0.261 e. The summed E-state index contributed by atoms with van der Waals surface area (Å²) in [5.74, 6) is 2.25. The molecule has 0 fully saturated rings. The molecule has 152 valence electrons. The molecule has 9 heteroatoms. The first-order valence-electron chi connectivity index (χ1n) is 8.75. The molecular formula is C20H22N4O4S. The Morgan fingerprint density at radius 2 is 1.55 bits per heavy atom. The molecule has 0 spiro atoms. The number of hydrogen-bond acceptors (Lipinski definition) is 7. The first-order valence-corrected chi connectivity index (χ1v) is 10.2. The number of benzene rings is 2. The largest absolute Gasteiger partial charge is 0.496 e. The van der Waals surface area contributed by atoms with E-state index >= 15 is 0 Å². The van der Waals surface area contributed by atoms with E-state index in [1.165, 1.54) is 13.2 Å². The van der Waals surface area contributed by atoms with Gasteiger partial charge in [0.1, 0.15) is 17.4 Å². The molecule has 3 aromatic rings. The van der Waals surface area contributed by atoms with E-state index in [-0.39, 0.29) is 4.90 Å². The fourth-order valence-corrected chi connectivity index (χ4v) is 3.85. The molecule has 0 aliphatic carbocycles. The monoisotopic (exact) mass is 414 g/mol. The van der Waals surface area contributed by atoms with Crippen molar-refractivity contribution < 1.29 is 17.9 Å². The van der Waals surface area contributed by atoms with E-state index in [1.807, 2.05) is 0 Å². The van der Waals surface area contributed by atoms with Crippen LogP contribution < -0.4 is 19.5 Å². The van der Waals surface area contributed by atoms with Gasteiger partial charge in [0, 0.05) is 17.4 Å². The molecule has 0 bridgehead atoms. The van der Waals surface area contributed by atoms with Gasteiger partial charge in [-0.25, -0.2) is 13.4 Å². The Balaban J connectivity index is 1.75. The number of nitrogens with zero attached hydrogens (tertiary/aromatic N) is 2. The van der Waals surface area contributed by atoms with Gasteiger partial charge in [-0.2, -0.15) is 4.98 Å². The standard InChI is InChI=1S/C20H22N4O4S/c1-13-11-17(9-10-18(13)27-3)29(25,26)24-16-7-5-15(6-8-16)23-19-12-20(28-4)22-14(2)21-19/h5-12,24H,1-4H3,(H,21,22,23). The van der Waals surface area contributed by atoms with E-state index in [4.69, 9.17) is 9.47 Å². The van der Waals surface area contributed by atoms with Crippen LogP contribution in [0.25, 0.3) is 0 Å². The third kappa shape index (κ3) is 4.94. The zero-order valence-electron chi connectivity index (χ0n) is 16.6. The number of hydrogen-bond donors (Lipinski definition) is 2. The second-order valence-electron chi connectivity index (χ2n) is 6.28. The second-order valence-corrected chi connectivity index (χ2v) is 7.96. The predicted molar refractivity (Wildman–Crippen MR) is 112 cm³/mol. The van der Waals surface area contributed by atoms with Gasteiger partial charge in [0.15, 0.2) is 0 Å². The minimum absolute atomic E-state index is 0.168. The summed E-state index contributed by atoms with van der Waals surface area (Å²) in [5, 5.41) is 3.14. The maximum Gasteiger partial charge on any atom is 0.261 e. The van der Waals surface area contributed by atoms with Crippen molar-refractivity contribution in [1.82, 2.24) is 9.97 Å². The molecule has 2 aromatic carbocycles. The lowest BCUT2D eigenvalue weighted by Crippen LogP contribution is -2.13. The Hall–Kier alpha value is -3.33. The summed E-state index contributed by atoms with van der Waals surface area (Å²) in [7, 11) is -0.627. The Bertz CT molecular complexity index is 1120. The average Bonchev–Trinajstić information content (AvgIpc) is 2.68. The maximum atomic E-state index is 12.6. The van der Waals surface area contributed by atoms with Crippen molar-refractivity contribution in [2.75, 3.05) is 24.3 Å². The number of rotatable bonds is 7. The molecule has 0 aliphatic heterocycles. The van der Waals surface area contributed by atoms with E-state index < -0.39 is 10.0 Å². The number of anilines is 3. The lowest BCUT2D eigenvalue weighted by molar-refractivity contribution is 0.396. The highest BCUT2D eigenvalue weighted by molar-refractivity contribution is 7.92.